The van der Waals surface area contributed by atoms with E-state index in [1.165, 1.54) is 11.1 Å². The third-order valence-corrected chi connectivity index (χ3v) is 5.48. The second-order valence-corrected chi connectivity index (χ2v) is 7.36. The molecule has 1 fully saturated rings. The molecule has 0 saturated carbocycles. The SMILES string of the molecule is C[C@H]1CO[C@H](CC(=O)O)CN1C(=O)OCC1c2ccccc2-c2ccccc21. The Bertz CT molecular complexity index is 851. The lowest BCUT2D eigenvalue weighted by Crippen LogP contribution is -2.51. The molecule has 4 rings (SSSR count). The lowest BCUT2D eigenvalue weighted by molar-refractivity contribution is -0.143. The molecule has 1 aliphatic heterocycles. The number of benzene rings is 2. The Morgan fingerprint density at radius 2 is 1.71 bits per heavy atom. The van der Waals surface area contributed by atoms with Gasteiger partial charge in [-0.1, -0.05) is 48.5 Å². The van der Waals surface area contributed by atoms with Gasteiger partial charge in [0.25, 0.3) is 0 Å². The van der Waals surface area contributed by atoms with Gasteiger partial charge in [-0.25, -0.2) is 4.79 Å². The third kappa shape index (κ3) is 3.47. The molecule has 6 heteroatoms. The molecule has 1 aliphatic carbocycles. The van der Waals surface area contributed by atoms with Crippen LogP contribution in [0.25, 0.3) is 11.1 Å². The van der Waals surface area contributed by atoms with E-state index in [-0.39, 0.29) is 31.5 Å². The first-order valence-electron chi connectivity index (χ1n) is 9.49. The number of rotatable bonds is 4. The van der Waals surface area contributed by atoms with E-state index in [4.69, 9.17) is 14.6 Å². The standard InChI is InChI=1S/C22H23NO5/c1-14-12-27-15(10-21(24)25)11-23(14)22(26)28-13-20-18-8-4-2-6-16(18)17-7-3-5-9-19(17)20/h2-9,14-15,20H,10-13H2,1H3,(H,24,25)/t14-,15+/m0/s1. The molecule has 0 spiro atoms. The fourth-order valence-corrected chi connectivity index (χ4v) is 4.07. The fourth-order valence-electron chi connectivity index (χ4n) is 4.07. The Morgan fingerprint density at radius 1 is 1.11 bits per heavy atom. The maximum atomic E-state index is 12.7. The van der Waals surface area contributed by atoms with Gasteiger partial charge >= 0.3 is 12.1 Å². The van der Waals surface area contributed by atoms with E-state index in [0.717, 1.165) is 11.1 Å². The van der Waals surface area contributed by atoms with Crippen molar-refractivity contribution in [3.8, 4) is 11.1 Å². The molecule has 2 aromatic rings. The summed E-state index contributed by atoms with van der Waals surface area (Å²) in [5, 5.41) is 8.97. The Kier molecular flexibility index (Phi) is 5.05. The molecule has 146 valence electrons. The van der Waals surface area contributed by atoms with Crippen LogP contribution in [0.3, 0.4) is 0 Å². The monoisotopic (exact) mass is 381 g/mol. The minimum atomic E-state index is -0.938. The summed E-state index contributed by atoms with van der Waals surface area (Å²) in [6, 6.07) is 16.2. The number of aliphatic carboxylic acids is 1. The number of morpholine rings is 1. The molecular formula is C22H23NO5. The summed E-state index contributed by atoms with van der Waals surface area (Å²) in [6.45, 7) is 2.66. The predicted octanol–water partition coefficient (Wildman–Crippen LogP) is 3.50. The maximum absolute atomic E-state index is 12.7. The van der Waals surface area contributed by atoms with Gasteiger partial charge in [-0.2, -0.15) is 0 Å². The molecule has 6 nitrogen and oxygen atoms in total. The molecule has 1 saturated heterocycles. The first-order valence-corrected chi connectivity index (χ1v) is 9.49. The highest BCUT2D eigenvalue weighted by Crippen LogP contribution is 2.44. The number of carbonyl (C=O) groups is 2. The van der Waals surface area contributed by atoms with Gasteiger partial charge in [0.15, 0.2) is 0 Å². The van der Waals surface area contributed by atoms with Crippen molar-refractivity contribution in [3.05, 3.63) is 59.7 Å². The zero-order chi connectivity index (χ0) is 19.7. The lowest BCUT2D eigenvalue weighted by Gasteiger charge is -2.37. The molecule has 1 N–H and O–H groups in total. The van der Waals surface area contributed by atoms with Gasteiger partial charge in [0, 0.05) is 5.92 Å². The fraction of sp³-hybridized carbons (Fsp3) is 0.364. The summed E-state index contributed by atoms with van der Waals surface area (Å²) in [5.41, 5.74) is 4.69. The first kappa shape index (κ1) is 18.5. The van der Waals surface area contributed by atoms with Gasteiger partial charge in [0.05, 0.1) is 31.7 Å². The highest BCUT2D eigenvalue weighted by atomic mass is 16.6. The Morgan fingerprint density at radius 3 is 2.32 bits per heavy atom. The number of nitrogens with zero attached hydrogens (tertiary/aromatic N) is 1. The van der Waals surface area contributed by atoms with Gasteiger partial charge in [0.2, 0.25) is 0 Å². The summed E-state index contributed by atoms with van der Waals surface area (Å²) in [7, 11) is 0. The van der Waals surface area contributed by atoms with E-state index in [9.17, 15) is 9.59 Å². The van der Waals surface area contributed by atoms with Crippen molar-refractivity contribution in [3.63, 3.8) is 0 Å². The van der Waals surface area contributed by atoms with Crippen molar-refractivity contribution in [2.24, 2.45) is 0 Å². The van der Waals surface area contributed by atoms with Crippen LogP contribution in [0.2, 0.25) is 0 Å². The summed E-state index contributed by atoms with van der Waals surface area (Å²) < 4.78 is 11.2. The molecule has 28 heavy (non-hydrogen) atoms. The molecule has 1 heterocycles. The van der Waals surface area contributed by atoms with E-state index < -0.39 is 18.2 Å². The Balaban J connectivity index is 1.47. The Hall–Kier alpha value is -2.86. The normalized spacial score (nSPS) is 21.1. The van der Waals surface area contributed by atoms with Crippen molar-refractivity contribution < 1.29 is 24.2 Å². The summed E-state index contributed by atoms with van der Waals surface area (Å²) >= 11 is 0. The van der Waals surface area contributed by atoms with Crippen LogP contribution in [0.4, 0.5) is 4.79 Å². The van der Waals surface area contributed by atoms with Gasteiger partial charge in [0.1, 0.15) is 6.61 Å². The van der Waals surface area contributed by atoms with Crippen LogP contribution in [-0.2, 0) is 14.3 Å². The molecule has 1 amide bonds. The van der Waals surface area contributed by atoms with Gasteiger partial charge in [-0.3, -0.25) is 4.79 Å². The second kappa shape index (κ2) is 7.64. The van der Waals surface area contributed by atoms with Gasteiger partial charge in [-0.15, -0.1) is 0 Å². The maximum Gasteiger partial charge on any atom is 0.410 e. The Labute approximate surface area is 163 Å². The number of carbonyl (C=O) groups excluding carboxylic acids is 1. The molecule has 0 bridgehead atoms. The zero-order valence-corrected chi connectivity index (χ0v) is 15.7. The summed E-state index contributed by atoms with van der Waals surface area (Å²) in [4.78, 5) is 25.2. The van der Waals surface area contributed by atoms with Crippen molar-refractivity contribution in [2.75, 3.05) is 19.8 Å². The van der Waals surface area contributed by atoms with E-state index >= 15 is 0 Å². The van der Waals surface area contributed by atoms with Gasteiger partial charge < -0.3 is 19.5 Å². The highest BCUT2D eigenvalue weighted by molar-refractivity contribution is 5.79. The summed E-state index contributed by atoms with van der Waals surface area (Å²) in [5.74, 6) is -0.936. The minimum absolute atomic E-state index is 0.00233. The van der Waals surface area contributed by atoms with Crippen molar-refractivity contribution >= 4 is 12.1 Å². The van der Waals surface area contributed by atoms with E-state index in [2.05, 4.69) is 24.3 Å². The van der Waals surface area contributed by atoms with Crippen LogP contribution in [-0.4, -0.2) is 54.0 Å². The first-order chi connectivity index (χ1) is 13.5. The third-order valence-electron chi connectivity index (χ3n) is 5.48. The van der Waals surface area contributed by atoms with Crippen LogP contribution < -0.4 is 0 Å². The quantitative estimate of drug-likeness (QED) is 0.877. The van der Waals surface area contributed by atoms with Crippen LogP contribution in [0.1, 0.15) is 30.4 Å². The molecule has 2 atom stereocenters. The summed E-state index contributed by atoms with van der Waals surface area (Å²) in [6.07, 6.45) is -1.05. The van der Waals surface area contributed by atoms with Crippen LogP contribution in [0.5, 0.6) is 0 Å². The average molecular weight is 381 g/mol. The van der Waals surface area contributed by atoms with E-state index in [1.807, 2.05) is 31.2 Å². The number of carboxylic acid groups (broad SMARTS) is 1. The molecule has 0 radical (unpaired) electrons. The minimum Gasteiger partial charge on any atom is -0.481 e. The molecule has 2 aliphatic rings. The number of ether oxygens (including phenoxy) is 2. The number of hydrogen-bond donors (Lipinski definition) is 1. The molecule has 0 unspecified atom stereocenters. The number of fused-ring (bicyclic) bond motifs is 3. The molecular weight excluding hydrogens is 358 g/mol. The molecule has 0 aromatic heterocycles. The molecule has 2 aromatic carbocycles. The van der Waals surface area contributed by atoms with E-state index in [1.54, 1.807) is 4.90 Å². The van der Waals surface area contributed by atoms with Crippen LogP contribution in [0.15, 0.2) is 48.5 Å². The predicted molar refractivity (Wildman–Crippen MR) is 103 cm³/mol. The van der Waals surface area contributed by atoms with Crippen molar-refractivity contribution in [2.45, 2.75) is 31.4 Å². The van der Waals surface area contributed by atoms with Crippen LogP contribution >= 0.6 is 0 Å². The second-order valence-electron chi connectivity index (χ2n) is 7.36. The number of amides is 1. The van der Waals surface area contributed by atoms with Crippen molar-refractivity contribution in [1.82, 2.24) is 4.90 Å². The van der Waals surface area contributed by atoms with E-state index in [0.29, 0.717) is 6.61 Å². The largest absolute Gasteiger partial charge is 0.481 e. The van der Waals surface area contributed by atoms with Crippen LogP contribution in [0, 0.1) is 0 Å². The number of hydrogen-bond acceptors (Lipinski definition) is 4. The van der Waals surface area contributed by atoms with Crippen molar-refractivity contribution in [1.29, 1.82) is 0 Å². The zero-order valence-electron chi connectivity index (χ0n) is 15.7. The smallest absolute Gasteiger partial charge is 0.410 e. The lowest BCUT2D eigenvalue weighted by atomic mass is 9.98. The average Bonchev–Trinajstić information content (AvgIpc) is 3.01. The topological polar surface area (TPSA) is 76.1 Å². The highest BCUT2D eigenvalue weighted by Gasteiger charge is 2.34. The van der Waals surface area contributed by atoms with Gasteiger partial charge in [-0.05, 0) is 29.2 Å². The number of carboxylic acids is 1.